The first kappa shape index (κ1) is 11.5. The number of aromatic nitrogens is 1. The van der Waals surface area contributed by atoms with Crippen LogP contribution in [0.15, 0.2) is 30.3 Å². The topological polar surface area (TPSA) is 36.4 Å². The summed E-state index contributed by atoms with van der Waals surface area (Å²) in [6.07, 6.45) is 0.802. The largest absolute Gasteiger partial charge is 0.386 e. The Morgan fingerprint density at radius 3 is 2.78 bits per heavy atom. The molecule has 2 aromatic rings. The highest BCUT2D eigenvalue weighted by Crippen LogP contribution is 2.32. The van der Waals surface area contributed by atoms with Crippen LogP contribution in [0.25, 0.3) is 10.9 Å². The predicted molar refractivity (Wildman–Crippen MR) is 73.9 cm³/mol. The van der Waals surface area contributed by atoms with Crippen LogP contribution in [0.4, 0.5) is 5.82 Å². The minimum Gasteiger partial charge on any atom is -0.386 e. The van der Waals surface area contributed by atoms with Gasteiger partial charge in [-0.15, -0.1) is 0 Å². The van der Waals surface area contributed by atoms with E-state index in [4.69, 9.17) is 4.98 Å². The maximum atomic E-state index is 10.1. The van der Waals surface area contributed by atoms with Crippen molar-refractivity contribution in [3.63, 3.8) is 0 Å². The molecule has 2 heterocycles. The summed E-state index contributed by atoms with van der Waals surface area (Å²) in [5.41, 5.74) is 1.68. The second-order valence-electron chi connectivity index (χ2n) is 5.26. The third-order valence-corrected chi connectivity index (χ3v) is 3.82. The second kappa shape index (κ2) is 3.95. The molecule has 3 rings (SSSR count). The van der Waals surface area contributed by atoms with Crippen molar-refractivity contribution in [3.8, 4) is 0 Å². The number of benzene rings is 1. The molecular weight excluding hydrogens is 224 g/mol. The van der Waals surface area contributed by atoms with Crippen molar-refractivity contribution in [3.05, 3.63) is 35.9 Å². The maximum absolute atomic E-state index is 10.1. The number of pyridine rings is 1. The number of para-hydroxylation sites is 1. The molecule has 1 aliphatic heterocycles. The van der Waals surface area contributed by atoms with Crippen LogP contribution in [0.5, 0.6) is 0 Å². The molecule has 1 saturated heterocycles. The molecule has 18 heavy (non-hydrogen) atoms. The minimum absolute atomic E-state index is 0.514. The van der Waals surface area contributed by atoms with Crippen LogP contribution < -0.4 is 4.90 Å². The van der Waals surface area contributed by atoms with Gasteiger partial charge in [-0.1, -0.05) is 25.1 Å². The molecule has 0 saturated carbocycles. The maximum Gasteiger partial charge on any atom is 0.132 e. The lowest BCUT2D eigenvalue weighted by atomic mass is 9.91. The van der Waals surface area contributed by atoms with Crippen molar-refractivity contribution < 1.29 is 5.11 Å². The van der Waals surface area contributed by atoms with Gasteiger partial charge in [-0.2, -0.15) is 0 Å². The quantitative estimate of drug-likeness (QED) is 0.879. The van der Waals surface area contributed by atoms with E-state index in [1.807, 2.05) is 25.1 Å². The fourth-order valence-electron chi connectivity index (χ4n) is 2.57. The number of rotatable bonds is 2. The first-order chi connectivity index (χ1) is 8.61. The molecule has 0 unspecified atom stereocenters. The van der Waals surface area contributed by atoms with Gasteiger partial charge in [0.05, 0.1) is 11.1 Å². The van der Waals surface area contributed by atoms with Crippen LogP contribution in [0.2, 0.25) is 0 Å². The van der Waals surface area contributed by atoms with E-state index >= 15 is 0 Å². The highest BCUT2D eigenvalue weighted by Gasteiger charge is 2.40. The normalized spacial score (nSPS) is 17.8. The van der Waals surface area contributed by atoms with Crippen LogP contribution in [0.1, 0.15) is 18.9 Å². The van der Waals surface area contributed by atoms with E-state index in [1.54, 1.807) is 0 Å². The Morgan fingerprint density at radius 1 is 1.33 bits per heavy atom. The first-order valence-electron chi connectivity index (χ1n) is 6.45. The van der Waals surface area contributed by atoms with Crippen LogP contribution in [0, 0.1) is 6.92 Å². The van der Waals surface area contributed by atoms with Crippen molar-refractivity contribution in [2.75, 3.05) is 18.0 Å². The molecule has 1 fully saturated rings. The fourth-order valence-corrected chi connectivity index (χ4v) is 2.57. The zero-order valence-electron chi connectivity index (χ0n) is 10.8. The molecule has 3 nitrogen and oxygen atoms in total. The van der Waals surface area contributed by atoms with Crippen molar-refractivity contribution in [2.45, 2.75) is 25.9 Å². The number of fused-ring (bicyclic) bond motifs is 1. The summed E-state index contributed by atoms with van der Waals surface area (Å²) in [6, 6.07) is 10.3. The van der Waals surface area contributed by atoms with E-state index in [0.29, 0.717) is 13.1 Å². The van der Waals surface area contributed by atoms with Crippen LogP contribution in [-0.4, -0.2) is 28.8 Å². The molecule has 0 atom stereocenters. The Labute approximate surface area is 107 Å². The van der Waals surface area contributed by atoms with Gasteiger partial charge in [0.2, 0.25) is 0 Å². The average molecular weight is 242 g/mol. The first-order valence-corrected chi connectivity index (χ1v) is 6.45. The Kier molecular flexibility index (Phi) is 2.52. The van der Waals surface area contributed by atoms with Crippen molar-refractivity contribution in [1.82, 2.24) is 4.98 Å². The molecule has 1 aromatic carbocycles. The van der Waals surface area contributed by atoms with Crippen LogP contribution >= 0.6 is 0 Å². The molecule has 1 aliphatic rings. The second-order valence-corrected chi connectivity index (χ2v) is 5.26. The molecule has 0 radical (unpaired) electrons. The Balaban J connectivity index is 1.96. The van der Waals surface area contributed by atoms with Gasteiger partial charge in [-0.05, 0) is 31.0 Å². The summed E-state index contributed by atoms with van der Waals surface area (Å²) in [7, 11) is 0. The van der Waals surface area contributed by atoms with Gasteiger partial charge >= 0.3 is 0 Å². The van der Waals surface area contributed by atoms with Crippen LogP contribution in [0.3, 0.4) is 0 Å². The molecule has 3 heteroatoms. The smallest absolute Gasteiger partial charge is 0.132 e. The molecule has 1 N–H and O–H groups in total. The van der Waals surface area contributed by atoms with E-state index in [1.165, 1.54) is 10.9 Å². The standard InChI is InChI=1S/C15H18N2O/c1-3-15(18)9-17(10-15)14-11(2)8-12-6-4-5-7-13(12)16-14/h4-8,18H,3,9-10H2,1-2H3. The van der Waals surface area contributed by atoms with E-state index in [-0.39, 0.29) is 0 Å². The summed E-state index contributed by atoms with van der Waals surface area (Å²) in [5, 5.41) is 11.3. The van der Waals surface area contributed by atoms with Gasteiger partial charge in [0.1, 0.15) is 5.82 Å². The van der Waals surface area contributed by atoms with E-state index < -0.39 is 5.60 Å². The van der Waals surface area contributed by atoms with Gasteiger partial charge < -0.3 is 10.0 Å². The lowest BCUT2D eigenvalue weighted by molar-refractivity contribution is 0.00803. The van der Waals surface area contributed by atoms with Gasteiger partial charge in [0.25, 0.3) is 0 Å². The number of hydrogen-bond acceptors (Lipinski definition) is 3. The lowest BCUT2D eigenvalue weighted by Gasteiger charge is -2.47. The highest BCUT2D eigenvalue weighted by atomic mass is 16.3. The minimum atomic E-state index is -0.514. The molecule has 0 bridgehead atoms. The van der Waals surface area contributed by atoms with Crippen molar-refractivity contribution in [2.24, 2.45) is 0 Å². The number of aliphatic hydroxyl groups is 1. The molecule has 0 amide bonds. The highest BCUT2D eigenvalue weighted by molar-refractivity contribution is 5.81. The molecular formula is C15H18N2O. The zero-order chi connectivity index (χ0) is 12.8. The monoisotopic (exact) mass is 242 g/mol. The zero-order valence-corrected chi connectivity index (χ0v) is 10.8. The average Bonchev–Trinajstić information content (AvgIpc) is 2.34. The van der Waals surface area contributed by atoms with Crippen molar-refractivity contribution in [1.29, 1.82) is 0 Å². The third kappa shape index (κ3) is 1.75. The third-order valence-electron chi connectivity index (χ3n) is 3.82. The Morgan fingerprint density at radius 2 is 2.06 bits per heavy atom. The van der Waals surface area contributed by atoms with E-state index in [0.717, 1.165) is 17.8 Å². The number of hydrogen-bond donors (Lipinski definition) is 1. The summed E-state index contributed by atoms with van der Waals surface area (Å²) in [6.45, 7) is 5.49. The predicted octanol–water partition coefficient (Wildman–Crippen LogP) is 2.50. The number of β-amino-alcohol motifs (C(OH)–C–C–N with tert-alkyl or cyclic N) is 1. The summed E-state index contributed by atoms with van der Waals surface area (Å²) >= 11 is 0. The van der Waals surface area contributed by atoms with Gasteiger partial charge in [0.15, 0.2) is 0 Å². The van der Waals surface area contributed by atoms with Gasteiger partial charge in [-0.25, -0.2) is 4.98 Å². The Hall–Kier alpha value is -1.61. The molecule has 94 valence electrons. The summed E-state index contributed by atoms with van der Waals surface area (Å²) in [4.78, 5) is 6.87. The molecule has 0 aliphatic carbocycles. The van der Waals surface area contributed by atoms with Crippen molar-refractivity contribution >= 4 is 16.7 Å². The van der Waals surface area contributed by atoms with Gasteiger partial charge in [0, 0.05) is 18.5 Å². The molecule has 1 aromatic heterocycles. The number of anilines is 1. The molecule has 0 spiro atoms. The summed E-state index contributed by atoms with van der Waals surface area (Å²) in [5.74, 6) is 1.01. The number of aryl methyl sites for hydroxylation is 1. The van der Waals surface area contributed by atoms with E-state index in [9.17, 15) is 5.11 Å². The number of nitrogens with zero attached hydrogens (tertiary/aromatic N) is 2. The Bertz CT molecular complexity index is 588. The fraction of sp³-hybridized carbons (Fsp3) is 0.400. The lowest BCUT2D eigenvalue weighted by Crippen LogP contribution is -2.62. The van der Waals surface area contributed by atoms with E-state index in [2.05, 4.69) is 24.0 Å². The summed E-state index contributed by atoms with van der Waals surface area (Å²) < 4.78 is 0. The van der Waals surface area contributed by atoms with Crippen LogP contribution in [-0.2, 0) is 0 Å². The SMILES string of the molecule is CCC1(O)CN(c2nc3ccccc3cc2C)C1. The van der Waals surface area contributed by atoms with Gasteiger partial charge in [-0.3, -0.25) is 0 Å².